The second kappa shape index (κ2) is 6.04. The Morgan fingerprint density at radius 2 is 2.00 bits per heavy atom. The molecule has 0 bridgehead atoms. The van der Waals surface area contributed by atoms with Gasteiger partial charge in [0, 0.05) is 11.9 Å². The molecule has 0 saturated carbocycles. The molecule has 2 rings (SSSR count). The number of amides is 1. The van der Waals surface area contributed by atoms with E-state index < -0.39 is 17.4 Å². The summed E-state index contributed by atoms with van der Waals surface area (Å²) in [4.78, 5) is 34.6. The zero-order valence-electron chi connectivity index (χ0n) is 11.4. The van der Waals surface area contributed by atoms with Gasteiger partial charge in [-0.15, -0.1) is 0 Å². The molecule has 1 aromatic carbocycles. The van der Waals surface area contributed by atoms with Crippen LogP contribution < -0.4 is 10.9 Å². The Kier molecular flexibility index (Phi) is 4.18. The number of carbonyl (C=O) groups is 2. The molecule has 1 aromatic heterocycles. The predicted molar refractivity (Wildman–Crippen MR) is 77.5 cm³/mol. The number of aromatic carboxylic acids is 1. The van der Waals surface area contributed by atoms with Gasteiger partial charge < -0.3 is 15.0 Å². The Labute approximate surface area is 120 Å². The van der Waals surface area contributed by atoms with Crippen LogP contribution in [0.2, 0.25) is 0 Å². The van der Waals surface area contributed by atoms with Gasteiger partial charge in [0.15, 0.2) is 0 Å². The minimum atomic E-state index is -1.31. The number of pyridine rings is 1. The van der Waals surface area contributed by atoms with Gasteiger partial charge in [-0.2, -0.15) is 0 Å². The van der Waals surface area contributed by atoms with E-state index in [4.69, 9.17) is 5.11 Å². The average Bonchev–Trinajstić information content (AvgIpc) is 2.40. The van der Waals surface area contributed by atoms with Crippen LogP contribution in [0.1, 0.15) is 15.9 Å². The highest BCUT2D eigenvalue weighted by Gasteiger charge is 2.12. The largest absolute Gasteiger partial charge is 0.477 e. The summed E-state index contributed by atoms with van der Waals surface area (Å²) in [5.41, 5.74) is 0.561. The third kappa shape index (κ3) is 3.56. The molecule has 2 aromatic rings. The Hall–Kier alpha value is -2.89. The van der Waals surface area contributed by atoms with E-state index in [0.29, 0.717) is 5.69 Å². The van der Waals surface area contributed by atoms with Crippen LogP contribution in [0.4, 0.5) is 5.69 Å². The first-order chi connectivity index (χ1) is 9.97. The lowest BCUT2D eigenvalue weighted by molar-refractivity contribution is -0.116. The van der Waals surface area contributed by atoms with Crippen LogP contribution in [0.3, 0.4) is 0 Å². The number of aryl methyl sites for hydroxylation is 1. The molecule has 0 unspecified atom stereocenters. The second-order valence-electron chi connectivity index (χ2n) is 4.58. The Balaban J connectivity index is 2.15. The summed E-state index contributed by atoms with van der Waals surface area (Å²) in [6, 6.07) is 9.87. The molecule has 0 aliphatic heterocycles. The van der Waals surface area contributed by atoms with Crippen molar-refractivity contribution < 1.29 is 14.7 Å². The molecule has 2 N–H and O–H groups in total. The number of rotatable bonds is 4. The van der Waals surface area contributed by atoms with Crippen LogP contribution in [0.15, 0.2) is 47.4 Å². The normalized spacial score (nSPS) is 10.1. The minimum Gasteiger partial charge on any atom is -0.477 e. The smallest absolute Gasteiger partial charge is 0.341 e. The van der Waals surface area contributed by atoms with Crippen molar-refractivity contribution in [2.45, 2.75) is 13.5 Å². The molecule has 0 atom stereocenters. The van der Waals surface area contributed by atoms with Gasteiger partial charge in [-0.1, -0.05) is 12.1 Å². The topological polar surface area (TPSA) is 88.4 Å². The summed E-state index contributed by atoms with van der Waals surface area (Å²) in [6.45, 7) is 1.66. The van der Waals surface area contributed by atoms with E-state index in [-0.39, 0.29) is 12.1 Å². The summed E-state index contributed by atoms with van der Waals surface area (Å²) < 4.78 is 1.06. The highest BCUT2D eigenvalue weighted by atomic mass is 16.4. The number of carboxylic acids is 1. The fourth-order valence-corrected chi connectivity index (χ4v) is 1.90. The van der Waals surface area contributed by atoms with Crippen molar-refractivity contribution >= 4 is 17.6 Å². The fourth-order valence-electron chi connectivity index (χ4n) is 1.90. The van der Waals surface area contributed by atoms with Crippen molar-refractivity contribution in [3.63, 3.8) is 0 Å². The lowest BCUT2D eigenvalue weighted by Crippen LogP contribution is -2.30. The summed E-state index contributed by atoms with van der Waals surface area (Å²) in [5.74, 6) is -1.71. The fraction of sp³-hybridized carbons (Fsp3) is 0.133. The third-order valence-corrected chi connectivity index (χ3v) is 2.87. The maximum absolute atomic E-state index is 11.9. The van der Waals surface area contributed by atoms with E-state index >= 15 is 0 Å². The van der Waals surface area contributed by atoms with Gasteiger partial charge in [0.25, 0.3) is 5.56 Å². The van der Waals surface area contributed by atoms with Crippen LogP contribution in [-0.2, 0) is 11.3 Å². The Morgan fingerprint density at radius 1 is 1.24 bits per heavy atom. The summed E-state index contributed by atoms with van der Waals surface area (Å²) in [7, 11) is 0. The van der Waals surface area contributed by atoms with Gasteiger partial charge in [-0.3, -0.25) is 9.59 Å². The zero-order valence-corrected chi connectivity index (χ0v) is 11.4. The van der Waals surface area contributed by atoms with E-state index in [1.54, 1.807) is 12.1 Å². The SMILES string of the molecule is Cc1cccc(NC(=O)Cn2cccc(C(=O)O)c2=O)c1. The minimum absolute atomic E-state index is 0.242. The number of carbonyl (C=O) groups excluding carboxylic acids is 1. The average molecular weight is 286 g/mol. The summed E-state index contributed by atoms with van der Waals surface area (Å²) in [6.07, 6.45) is 1.38. The first-order valence-electron chi connectivity index (χ1n) is 6.26. The molecule has 108 valence electrons. The van der Waals surface area contributed by atoms with Gasteiger partial charge in [-0.25, -0.2) is 4.79 Å². The molecular weight excluding hydrogens is 272 g/mol. The van der Waals surface area contributed by atoms with Gasteiger partial charge in [0.1, 0.15) is 12.1 Å². The standard InChI is InChI=1S/C15H14N2O4/c1-10-4-2-5-11(8-10)16-13(18)9-17-7-3-6-12(14(17)19)15(20)21/h2-8H,9H2,1H3,(H,16,18)(H,20,21). The Morgan fingerprint density at radius 3 is 2.67 bits per heavy atom. The van der Waals surface area contributed by atoms with Gasteiger partial charge >= 0.3 is 5.97 Å². The van der Waals surface area contributed by atoms with Crippen LogP contribution in [0.5, 0.6) is 0 Å². The molecule has 0 fully saturated rings. The number of hydrogen-bond acceptors (Lipinski definition) is 3. The number of nitrogens with zero attached hydrogens (tertiary/aromatic N) is 1. The lowest BCUT2D eigenvalue weighted by atomic mass is 10.2. The third-order valence-electron chi connectivity index (χ3n) is 2.87. The maximum Gasteiger partial charge on any atom is 0.341 e. The van der Waals surface area contributed by atoms with E-state index in [1.165, 1.54) is 18.3 Å². The van der Waals surface area contributed by atoms with Crippen molar-refractivity contribution in [3.05, 3.63) is 64.1 Å². The number of hydrogen-bond donors (Lipinski definition) is 2. The van der Waals surface area contributed by atoms with Crippen molar-refractivity contribution in [2.75, 3.05) is 5.32 Å². The van der Waals surface area contributed by atoms with E-state index in [1.807, 2.05) is 19.1 Å². The molecule has 0 aliphatic carbocycles. The van der Waals surface area contributed by atoms with Crippen molar-refractivity contribution in [2.24, 2.45) is 0 Å². The molecule has 6 heteroatoms. The molecule has 1 heterocycles. The molecular formula is C15H14N2O4. The van der Waals surface area contributed by atoms with Gasteiger partial charge in [0.05, 0.1) is 0 Å². The molecule has 1 amide bonds. The van der Waals surface area contributed by atoms with Gasteiger partial charge in [-0.05, 0) is 36.8 Å². The monoisotopic (exact) mass is 286 g/mol. The zero-order chi connectivity index (χ0) is 15.4. The molecule has 0 aliphatic rings. The summed E-state index contributed by atoms with van der Waals surface area (Å²) in [5, 5.41) is 11.5. The van der Waals surface area contributed by atoms with Crippen LogP contribution in [0.25, 0.3) is 0 Å². The number of aromatic nitrogens is 1. The van der Waals surface area contributed by atoms with E-state index in [2.05, 4.69) is 5.32 Å². The van der Waals surface area contributed by atoms with E-state index in [9.17, 15) is 14.4 Å². The lowest BCUT2D eigenvalue weighted by Gasteiger charge is -2.08. The molecule has 0 radical (unpaired) electrons. The molecule has 21 heavy (non-hydrogen) atoms. The first kappa shape index (κ1) is 14.5. The second-order valence-corrected chi connectivity index (χ2v) is 4.58. The highest BCUT2D eigenvalue weighted by Crippen LogP contribution is 2.09. The van der Waals surface area contributed by atoms with Crippen molar-refractivity contribution in [1.82, 2.24) is 4.57 Å². The van der Waals surface area contributed by atoms with Crippen molar-refractivity contribution in [1.29, 1.82) is 0 Å². The van der Waals surface area contributed by atoms with Crippen molar-refractivity contribution in [3.8, 4) is 0 Å². The first-order valence-corrected chi connectivity index (χ1v) is 6.26. The van der Waals surface area contributed by atoms with Crippen LogP contribution >= 0.6 is 0 Å². The highest BCUT2D eigenvalue weighted by molar-refractivity contribution is 5.91. The van der Waals surface area contributed by atoms with Gasteiger partial charge in [0.2, 0.25) is 5.91 Å². The number of carboxylic acid groups (broad SMARTS) is 1. The van der Waals surface area contributed by atoms with Crippen LogP contribution in [0, 0.1) is 6.92 Å². The Bertz CT molecular complexity index is 749. The molecule has 6 nitrogen and oxygen atoms in total. The molecule has 0 saturated heterocycles. The maximum atomic E-state index is 11.9. The van der Waals surface area contributed by atoms with Crippen LogP contribution in [-0.4, -0.2) is 21.6 Å². The summed E-state index contributed by atoms with van der Waals surface area (Å²) >= 11 is 0. The number of anilines is 1. The molecule has 0 spiro atoms. The van der Waals surface area contributed by atoms with E-state index in [0.717, 1.165) is 10.1 Å². The number of nitrogens with one attached hydrogen (secondary N) is 1. The predicted octanol–water partition coefficient (Wildman–Crippen LogP) is 1.49. The number of benzene rings is 1. The quantitative estimate of drug-likeness (QED) is 0.891.